The Balaban J connectivity index is 1.74. The Labute approximate surface area is 143 Å². The van der Waals surface area contributed by atoms with Gasteiger partial charge in [0, 0.05) is 21.6 Å². The molecule has 0 aliphatic rings. The van der Waals surface area contributed by atoms with E-state index in [4.69, 9.17) is 16.3 Å². The minimum absolute atomic E-state index is 0.272. The second-order valence-electron chi connectivity index (χ2n) is 5.17. The van der Waals surface area contributed by atoms with Gasteiger partial charge in [-0.2, -0.15) is 0 Å². The molecule has 0 fully saturated rings. The normalized spacial score (nSPS) is 10.6. The van der Waals surface area contributed by atoms with E-state index >= 15 is 0 Å². The molecule has 5 nitrogen and oxygen atoms in total. The number of aromatic amines is 1. The zero-order valence-corrected chi connectivity index (χ0v) is 13.7. The van der Waals surface area contributed by atoms with Crippen molar-refractivity contribution in [1.29, 1.82) is 0 Å². The molecule has 0 unspecified atom stereocenters. The van der Waals surface area contributed by atoms with Crippen LogP contribution < -0.4 is 5.32 Å². The first-order valence-corrected chi connectivity index (χ1v) is 7.81. The van der Waals surface area contributed by atoms with Crippen LogP contribution in [-0.4, -0.2) is 23.5 Å². The van der Waals surface area contributed by atoms with Crippen LogP contribution in [0.5, 0.6) is 0 Å². The van der Waals surface area contributed by atoms with E-state index in [1.165, 1.54) is 0 Å². The van der Waals surface area contributed by atoms with E-state index < -0.39 is 0 Å². The predicted octanol–water partition coefficient (Wildman–Crippen LogP) is 4.25. The van der Waals surface area contributed by atoms with Crippen LogP contribution in [0.2, 0.25) is 5.02 Å². The average molecular weight is 343 g/mol. The van der Waals surface area contributed by atoms with Crippen LogP contribution in [0, 0.1) is 0 Å². The Hall–Kier alpha value is -2.79. The van der Waals surface area contributed by atoms with Crippen LogP contribution in [-0.2, 0) is 4.74 Å². The van der Waals surface area contributed by atoms with E-state index in [1.54, 1.807) is 49.4 Å². The number of halogens is 1. The SMILES string of the molecule is CCOC(=O)c1ccc(NC(=O)c2cc3ccc(Cl)cc3[nH]2)cc1. The maximum absolute atomic E-state index is 12.3. The lowest BCUT2D eigenvalue weighted by atomic mass is 10.2. The zero-order chi connectivity index (χ0) is 17.1. The molecule has 122 valence electrons. The van der Waals surface area contributed by atoms with Crippen molar-refractivity contribution >= 4 is 40.1 Å². The zero-order valence-electron chi connectivity index (χ0n) is 12.9. The molecule has 1 heterocycles. The Morgan fingerprint density at radius 1 is 1.12 bits per heavy atom. The third kappa shape index (κ3) is 3.41. The number of benzene rings is 2. The number of carbonyl (C=O) groups is 2. The standard InChI is InChI=1S/C18H15ClN2O3/c1-2-24-18(23)11-4-7-14(8-5-11)20-17(22)16-9-12-3-6-13(19)10-15(12)21-16/h3-10,21H,2H2,1H3,(H,20,22). The van der Waals surface area contributed by atoms with E-state index in [0.29, 0.717) is 28.6 Å². The first-order valence-electron chi connectivity index (χ1n) is 7.43. The lowest BCUT2D eigenvalue weighted by molar-refractivity contribution is 0.0526. The van der Waals surface area contributed by atoms with Gasteiger partial charge in [-0.05, 0) is 49.4 Å². The number of hydrogen-bond acceptors (Lipinski definition) is 3. The predicted molar refractivity (Wildman–Crippen MR) is 93.7 cm³/mol. The van der Waals surface area contributed by atoms with Crippen LogP contribution in [0.4, 0.5) is 5.69 Å². The molecule has 0 bridgehead atoms. The highest BCUT2D eigenvalue weighted by Crippen LogP contribution is 2.20. The number of nitrogens with one attached hydrogen (secondary N) is 2. The van der Waals surface area contributed by atoms with Crippen molar-refractivity contribution < 1.29 is 14.3 Å². The number of carbonyl (C=O) groups excluding carboxylic acids is 2. The molecular weight excluding hydrogens is 328 g/mol. The molecule has 1 amide bonds. The Bertz CT molecular complexity index is 900. The fourth-order valence-corrected chi connectivity index (χ4v) is 2.50. The van der Waals surface area contributed by atoms with Gasteiger partial charge in [0.1, 0.15) is 5.69 Å². The first kappa shape index (κ1) is 16.1. The van der Waals surface area contributed by atoms with Gasteiger partial charge in [-0.25, -0.2) is 4.79 Å². The molecule has 6 heteroatoms. The largest absolute Gasteiger partial charge is 0.462 e. The number of ether oxygens (including phenoxy) is 1. The summed E-state index contributed by atoms with van der Waals surface area (Å²) in [5.74, 6) is -0.658. The van der Waals surface area contributed by atoms with E-state index in [1.807, 2.05) is 6.07 Å². The number of hydrogen-bond donors (Lipinski definition) is 2. The number of fused-ring (bicyclic) bond motifs is 1. The number of H-pyrrole nitrogens is 1. The summed E-state index contributed by atoms with van der Waals surface area (Å²) in [6.45, 7) is 2.07. The molecular formula is C18H15ClN2O3. The highest BCUT2D eigenvalue weighted by molar-refractivity contribution is 6.31. The Morgan fingerprint density at radius 3 is 2.58 bits per heavy atom. The lowest BCUT2D eigenvalue weighted by Crippen LogP contribution is -2.12. The maximum atomic E-state index is 12.3. The van der Waals surface area contributed by atoms with Crippen LogP contribution in [0.15, 0.2) is 48.5 Å². The van der Waals surface area contributed by atoms with Crippen molar-refractivity contribution in [3.8, 4) is 0 Å². The lowest BCUT2D eigenvalue weighted by Gasteiger charge is -2.05. The molecule has 0 atom stereocenters. The van der Waals surface area contributed by atoms with Crippen molar-refractivity contribution in [2.24, 2.45) is 0 Å². The highest BCUT2D eigenvalue weighted by Gasteiger charge is 2.11. The van der Waals surface area contributed by atoms with E-state index in [-0.39, 0.29) is 11.9 Å². The molecule has 0 saturated heterocycles. The summed E-state index contributed by atoms with van der Waals surface area (Å²) >= 11 is 5.94. The number of rotatable bonds is 4. The molecule has 3 aromatic rings. The summed E-state index contributed by atoms with van der Waals surface area (Å²) < 4.78 is 4.92. The van der Waals surface area contributed by atoms with E-state index in [9.17, 15) is 9.59 Å². The van der Waals surface area contributed by atoms with Crippen molar-refractivity contribution in [2.45, 2.75) is 6.92 Å². The maximum Gasteiger partial charge on any atom is 0.338 e. The number of anilines is 1. The second-order valence-corrected chi connectivity index (χ2v) is 5.60. The molecule has 0 aliphatic heterocycles. The summed E-state index contributed by atoms with van der Waals surface area (Å²) in [5, 5.41) is 4.28. The van der Waals surface area contributed by atoms with Gasteiger partial charge in [0.2, 0.25) is 0 Å². The smallest absolute Gasteiger partial charge is 0.338 e. The van der Waals surface area contributed by atoms with Crippen molar-refractivity contribution in [2.75, 3.05) is 11.9 Å². The van der Waals surface area contributed by atoms with Gasteiger partial charge in [0.05, 0.1) is 12.2 Å². The fourth-order valence-electron chi connectivity index (χ4n) is 2.32. The van der Waals surface area contributed by atoms with E-state index in [0.717, 1.165) is 10.9 Å². The van der Waals surface area contributed by atoms with Gasteiger partial charge >= 0.3 is 5.97 Å². The van der Waals surface area contributed by atoms with Gasteiger partial charge in [-0.15, -0.1) is 0 Å². The van der Waals surface area contributed by atoms with Crippen LogP contribution in [0.25, 0.3) is 10.9 Å². The minimum Gasteiger partial charge on any atom is -0.462 e. The average Bonchev–Trinajstić information content (AvgIpc) is 2.99. The van der Waals surface area contributed by atoms with Crippen molar-refractivity contribution in [3.05, 3.63) is 64.8 Å². The van der Waals surface area contributed by atoms with Gasteiger partial charge in [0.25, 0.3) is 5.91 Å². The molecule has 0 spiro atoms. The Kier molecular flexibility index (Phi) is 4.53. The molecule has 2 N–H and O–H groups in total. The minimum atomic E-state index is -0.386. The number of aromatic nitrogens is 1. The van der Waals surface area contributed by atoms with Crippen LogP contribution >= 0.6 is 11.6 Å². The molecule has 2 aromatic carbocycles. The summed E-state index contributed by atoms with van der Waals surface area (Å²) in [6, 6.07) is 13.7. The molecule has 3 rings (SSSR count). The topological polar surface area (TPSA) is 71.2 Å². The summed E-state index contributed by atoms with van der Waals surface area (Å²) in [5.41, 5.74) is 2.26. The molecule has 24 heavy (non-hydrogen) atoms. The summed E-state index contributed by atoms with van der Waals surface area (Å²) in [6.07, 6.45) is 0. The van der Waals surface area contributed by atoms with Crippen molar-refractivity contribution in [3.63, 3.8) is 0 Å². The number of amides is 1. The molecule has 0 radical (unpaired) electrons. The molecule has 0 saturated carbocycles. The first-order chi connectivity index (χ1) is 11.6. The molecule has 1 aromatic heterocycles. The monoisotopic (exact) mass is 342 g/mol. The van der Waals surface area contributed by atoms with Crippen LogP contribution in [0.1, 0.15) is 27.8 Å². The third-order valence-electron chi connectivity index (χ3n) is 3.48. The van der Waals surface area contributed by atoms with Crippen molar-refractivity contribution in [1.82, 2.24) is 4.98 Å². The molecule has 0 aliphatic carbocycles. The Morgan fingerprint density at radius 2 is 1.88 bits per heavy atom. The quantitative estimate of drug-likeness (QED) is 0.696. The van der Waals surface area contributed by atoms with E-state index in [2.05, 4.69) is 10.3 Å². The van der Waals surface area contributed by atoms with Crippen LogP contribution in [0.3, 0.4) is 0 Å². The highest BCUT2D eigenvalue weighted by atomic mass is 35.5. The van der Waals surface area contributed by atoms with Gasteiger partial charge < -0.3 is 15.0 Å². The van der Waals surface area contributed by atoms with Gasteiger partial charge in [0.15, 0.2) is 0 Å². The van der Waals surface area contributed by atoms with Gasteiger partial charge in [-0.1, -0.05) is 17.7 Å². The second kappa shape index (κ2) is 6.76. The summed E-state index contributed by atoms with van der Waals surface area (Å²) in [4.78, 5) is 27.0. The third-order valence-corrected chi connectivity index (χ3v) is 3.72. The number of esters is 1. The fraction of sp³-hybridized carbons (Fsp3) is 0.111. The summed E-state index contributed by atoms with van der Waals surface area (Å²) in [7, 11) is 0. The van der Waals surface area contributed by atoms with Gasteiger partial charge in [-0.3, -0.25) is 4.79 Å².